The number of benzene rings is 1. The molecule has 1 aliphatic rings. The Kier molecular flexibility index (Phi) is 5.90. The standard InChI is InChI=1S/C19H24ClN3O4S/c1-13-18(12-16(22(13)2)19(24)23-9-5-4-6-10-23)28(25,26)21-14-7-8-17(27-3)15(20)11-14/h7-8,11-12,21H,4-6,9-10H2,1-3H3. The molecule has 1 aromatic carbocycles. The number of hydrogen-bond donors (Lipinski definition) is 1. The number of ether oxygens (including phenoxy) is 1. The van der Waals surface area contributed by atoms with Crippen LogP contribution < -0.4 is 9.46 Å². The molecule has 1 fully saturated rings. The van der Waals surface area contributed by atoms with E-state index in [2.05, 4.69) is 4.72 Å². The molecule has 7 nitrogen and oxygen atoms in total. The number of carbonyl (C=O) groups is 1. The molecular weight excluding hydrogens is 402 g/mol. The largest absolute Gasteiger partial charge is 0.495 e. The van der Waals surface area contributed by atoms with Crippen molar-refractivity contribution in [2.24, 2.45) is 7.05 Å². The molecule has 3 rings (SSSR count). The molecule has 9 heteroatoms. The van der Waals surface area contributed by atoms with Gasteiger partial charge in [0.15, 0.2) is 0 Å². The molecular formula is C19H24ClN3O4S. The van der Waals surface area contributed by atoms with Gasteiger partial charge in [0.25, 0.3) is 15.9 Å². The third kappa shape index (κ3) is 3.98. The Balaban J connectivity index is 1.90. The smallest absolute Gasteiger partial charge is 0.270 e. The molecule has 1 N–H and O–H groups in total. The van der Waals surface area contributed by atoms with Crippen LogP contribution in [0.3, 0.4) is 0 Å². The van der Waals surface area contributed by atoms with Crippen LogP contribution in [0.25, 0.3) is 0 Å². The Morgan fingerprint density at radius 2 is 1.86 bits per heavy atom. The molecule has 0 aliphatic carbocycles. The Hall–Kier alpha value is -2.19. The molecule has 2 aromatic rings. The fraction of sp³-hybridized carbons (Fsp3) is 0.421. The minimum atomic E-state index is -3.89. The first kappa shape index (κ1) is 20.5. The van der Waals surface area contributed by atoms with E-state index in [4.69, 9.17) is 16.3 Å². The van der Waals surface area contributed by atoms with Crippen molar-refractivity contribution in [1.82, 2.24) is 9.47 Å². The highest BCUT2D eigenvalue weighted by molar-refractivity contribution is 7.92. The van der Waals surface area contributed by atoms with Gasteiger partial charge in [-0.25, -0.2) is 8.42 Å². The van der Waals surface area contributed by atoms with Gasteiger partial charge in [0.2, 0.25) is 0 Å². The van der Waals surface area contributed by atoms with Gasteiger partial charge in [-0.05, 0) is 50.5 Å². The number of rotatable bonds is 5. The minimum Gasteiger partial charge on any atom is -0.495 e. The van der Waals surface area contributed by atoms with E-state index in [0.29, 0.717) is 40.9 Å². The molecule has 152 valence electrons. The SMILES string of the molecule is COc1ccc(NS(=O)(=O)c2cc(C(=O)N3CCCCC3)n(C)c2C)cc1Cl. The zero-order valence-corrected chi connectivity index (χ0v) is 17.7. The van der Waals surface area contributed by atoms with Crippen molar-refractivity contribution in [3.05, 3.63) is 40.7 Å². The first-order valence-corrected chi connectivity index (χ1v) is 10.9. The summed E-state index contributed by atoms with van der Waals surface area (Å²) in [4.78, 5) is 14.7. The van der Waals surface area contributed by atoms with Crippen molar-refractivity contribution in [2.45, 2.75) is 31.1 Å². The number of sulfonamides is 1. The van der Waals surface area contributed by atoms with Gasteiger partial charge in [-0.15, -0.1) is 0 Å². The zero-order valence-electron chi connectivity index (χ0n) is 16.2. The molecule has 0 unspecified atom stereocenters. The van der Waals surface area contributed by atoms with Crippen molar-refractivity contribution in [2.75, 3.05) is 24.9 Å². The quantitative estimate of drug-likeness (QED) is 0.795. The van der Waals surface area contributed by atoms with Crippen LogP contribution >= 0.6 is 11.6 Å². The summed E-state index contributed by atoms with van der Waals surface area (Å²) in [5.74, 6) is 0.314. The second-order valence-electron chi connectivity index (χ2n) is 6.85. The monoisotopic (exact) mass is 425 g/mol. The van der Waals surface area contributed by atoms with Gasteiger partial charge in [0.05, 0.1) is 17.8 Å². The third-order valence-corrected chi connectivity index (χ3v) is 6.84. The molecule has 0 saturated carbocycles. The predicted molar refractivity (Wildman–Crippen MR) is 109 cm³/mol. The van der Waals surface area contributed by atoms with Gasteiger partial charge >= 0.3 is 0 Å². The van der Waals surface area contributed by atoms with E-state index in [-0.39, 0.29) is 10.8 Å². The lowest BCUT2D eigenvalue weighted by Crippen LogP contribution is -2.36. The summed E-state index contributed by atoms with van der Waals surface area (Å²) in [7, 11) is -0.698. The van der Waals surface area contributed by atoms with Crippen LogP contribution in [0.5, 0.6) is 5.75 Å². The normalized spacial score (nSPS) is 14.8. The number of methoxy groups -OCH3 is 1. The number of halogens is 1. The average Bonchev–Trinajstić information content (AvgIpc) is 2.97. The zero-order chi connectivity index (χ0) is 20.5. The van der Waals surface area contributed by atoms with Crippen LogP contribution in [-0.2, 0) is 17.1 Å². The maximum Gasteiger partial charge on any atom is 0.270 e. The molecule has 28 heavy (non-hydrogen) atoms. The fourth-order valence-electron chi connectivity index (χ4n) is 3.35. The highest BCUT2D eigenvalue weighted by Crippen LogP contribution is 2.29. The summed E-state index contributed by atoms with van der Waals surface area (Å²) >= 11 is 6.08. The molecule has 0 spiro atoms. The Labute approximate surface area is 170 Å². The molecule has 1 aromatic heterocycles. The summed E-state index contributed by atoms with van der Waals surface area (Å²) in [6.07, 6.45) is 3.06. The van der Waals surface area contributed by atoms with E-state index in [1.165, 1.54) is 19.2 Å². The number of piperidine rings is 1. The van der Waals surface area contributed by atoms with Crippen molar-refractivity contribution in [1.29, 1.82) is 0 Å². The Bertz CT molecular complexity index is 995. The number of nitrogens with one attached hydrogen (secondary N) is 1. The summed E-state index contributed by atoms with van der Waals surface area (Å²) in [6, 6.07) is 6.08. The highest BCUT2D eigenvalue weighted by atomic mass is 35.5. The second-order valence-corrected chi connectivity index (χ2v) is 8.90. The van der Waals surface area contributed by atoms with E-state index in [1.54, 1.807) is 35.6 Å². The summed E-state index contributed by atoms with van der Waals surface area (Å²) < 4.78 is 35.1. The number of anilines is 1. The lowest BCUT2D eigenvalue weighted by atomic mass is 10.1. The lowest BCUT2D eigenvalue weighted by molar-refractivity contribution is 0.0714. The van der Waals surface area contributed by atoms with Crippen LogP contribution in [0.4, 0.5) is 5.69 Å². The van der Waals surface area contributed by atoms with Crippen LogP contribution in [0.15, 0.2) is 29.2 Å². The topological polar surface area (TPSA) is 80.6 Å². The average molecular weight is 426 g/mol. The van der Waals surface area contributed by atoms with Crippen LogP contribution in [0, 0.1) is 6.92 Å². The first-order valence-electron chi connectivity index (χ1n) is 9.06. The molecule has 1 aliphatic heterocycles. The number of aromatic nitrogens is 1. The van der Waals surface area contributed by atoms with Crippen molar-refractivity contribution in [3.8, 4) is 5.75 Å². The number of hydrogen-bond acceptors (Lipinski definition) is 4. The van der Waals surface area contributed by atoms with E-state index in [9.17, 15) is 13.2 Å². The van der Waals surface area contributed by atoms with Crippen molar-refractivity contribution < 1.29 is 17.9 Å². The van der Waals surface area contributed by atoms with Crippen molar-refractivity contribution >= 4 is 33.2 Å². The Morgan fingerprint density at radius 3 is 2.46 bits per heavy atom. The predicted octanol–water partition coefficient (Wildman–Crippen LogP) is 3.42. The fourth-order valence-corrected chi connectivity index (χ4v) is 4.95. The molecule has 2 heterocycles. The number of likely N-dealkylation sites (tertiary alicyclic amines) is 1. The van der Waals surface area contributed by atoms with Gasteiger partial charge in [0.1, 0.15) is 16.3 Å². The lowest BCUT2D eigenvalue weighted by Gasteiger charge is -2.26. The van der Waals surface area contributed by atoms with Crippen LogP contribution in [0.1, 0.15) is 35.4 Å². The molecule has 1 saturated heterocycles. The third-order valence-electron chi connectivity index (χ3n) is 5.04. The van der Waals surface area contributed by atoms with Crippen LogP contribution in [0.2, 0.25) is 5.02 Å². The van der Waals surface area contributed by atoms with Gasteiger partial charge < -0.3 is 14.2 Å². The van der Waals surface area contributed by atoms with Gasteiger partial charge in [0, 0.05) is 25.8 Å². The van der Waals surface area contributed by atoms with Crippen molar-refractivity contribution in [3.63, 3.8) is 0 Å². The Morgan fingerprint density at radius 1 is 1.18 bits per heavy atom. The van der Waals surface area contributed by atoms with Crippen LogP contribution in [-0.4, -0.2) is 44.0 Å². The molecule has 1 amide bonds. The second kappa shape index (κ2) is 8.05. The van der Waals surface area contributed by atoms with E-state index < -0.39 is 10.0 Å². The summed E-state index contributed by atoms with van der Waals surface area (Å²) in [6.45, 7) is 3.09. The summed E-state index contributed by atoms with van der Waals surface area (Å²) in [5, 5.41) is 0.299. The van der Waals surface area contributed by atoms with E-state index >= 15 is 0 Å². The maximum absolute atomic E-state index is 12.9. The number of amides is 1. The summed E-state index contributed by atoms with van der Waals surface area (Å²) in [5.41, 5.74) is 1.18. The van der Waals surface area contributed by atoms with Gasteiger partial charge in [-0.1, -0.05) is 11.6 Å². The minimum absolute atomic E-state index is 0.0716. The van der Waals surface area contributed by atoms with Gasteiger partial charge in [-0.3, -0.25) is 9.52 Å². The van der Waals surface area contributed by atoms with E-state index in [0.717, 1.165) is 19.3 Å². The molecule has 0 bridgehead atoms. The van der Waals surface area contributed by atoms with E-state index in [1.807, 2.05) is 0 Å². The molecule has 0 atom stereocenters. The number of nitrogens with zero attached hydrogens (tertiary/aromatic N) is 2. The maximum atomic E-state index is 12.9. The first-order chi connectivity index (χ1) is 13.2. The highest BCUT2D eigenvalue weighted by Gasteiger charge is 2.27. The number of carbonyl (C=O) groups excluding carboxylic acids is 1. The molecule has 0 radical (unpaired) electrons. The van der Waals surface area contributed by atoms with Gasteiger partial charge in [-0.2, -0.15) is 0 Å².